The number of aromatic nitrogens is 1. The minimum absolute atomic E-state index is 0.0620. The van der Waals surface area contributed by atoms with Gasteiger partial charge in [-0.3, -0.25) is 14.5 Å². The third-order valence-corrected chi connectivity index (χ3v) is 4.93. The Hall–Kier alpha value is -2.18. The van der Waals surface area contributed by atoms with Gasteiger partial charge in [0, 0.05) is 43.3 Å². The van der Waals surface area contributed by atoms with Crippen LogP contribution in [-0.4, -0.2) is 71.0 Å². The van der Waals surface area contributed by atoms with Gasteiger partial charge < -0.3 is 14.6 Å². The highest BCUT2D eigenvalue weighted by atomic mass is 16.4. The van der Waals surface area contributed by atoms with Gasteiger partial charge in [-0.2, -0.15) is 0 Å². The van der Waals surface area contributed by atoms with Crippen LogP contribution in [-0.2, 0) is 17.8 Å². The number of carboxylic acids is 1. The van der Waals surface area contributed by atoms with Gasteiger partial charge in [0.1, 0.15) is 6.54 Å². The highest BCUT2D eigenvalue weighted by molar-refractivity contribution is 6.09. The summed E-state index contributed by atoms with van der Waals surface area (Å²) in [7, 11) is 2.09. The van der Waals surface area contributed by atoms with Crippen LogP contribution in [0.5, 0.6) is 0 Å². The third-order valence-electron chi connectivity index (χ3n) is 4.93. The normalized spacial score (nSPS) is 16.4. The third kappa shape index (κ3) is 3.75. The molecule has 1 fully saturated rings. The summed E-state index contributed by atoms with van der Waals surface area (Å²) in [5, 5.41) is 10.1. The molecule has 6 heteroatoms. The molecule has 1 aromatic carbocycles. The lowest BCUT2D eigenvalue weighted by atomic mass is 10.0. The van der Waals surface area contributed by atoms with E-state index in [9.17, 15) is 14.7 Å². The molecule has 6 nitrogen and oxygen atoms in total. The summed E-state index contributed by atoms with van der Waals surface area (Å²) in [5.41, 5.74) is 2.57. The standard InChI is InChI=1S/C19H25N3O3/c1-3-14-5-4-6-15-16(11-22(19(14)15)13-18(24)25)17(23)12-21-9-7-20(2)8-10-21/h4-6,11H,3,7-10,12-13H2,1-2H3,(H,24,25). The van der Waals surface area contributed by atoms with Crippen molar-refractivity contribution >= 4 is 22.7 Å². The molecular formula is C19H25N3O3. The van der Waals surface area contributed by atoms with Crippen molar-refractivity contribution in [2.75, 3.05) is 39.8 Å². The molecule has 0 saturated carbocycles. The van der Waals surface area contributed by atoms with Crippen molar-refractivity contribution in [2.24, 2.45) is 0 Å². The Morgan fingerprint density at radius 1 is 1.12 bits per heavy atom. The fourth-order valence-electron chi connectivity index (χ4n) is 3.51. The Morgan fingerprint density at radius 2 is 1.84 bits per heavy atom. The van der Waals surface area contributed by atoms with Crippen LogP contribution < -0.4 is 0 Å². The summed E-state index contributed by atoms with van der Waals surface area (Å²) in [6.45, 7) is 6.00. The van der Waals surface area contributed by atoms with Crippen LogP contribution >= 0.6 is 0 Å². The summed E-state index contributed by atoms with van der Waals surface area (Å²) in [6, 6.07) is 5.86. The van der Waals surface area contributed by atoms with Gasteiger partial charge >= 0.3 is 5.97 Å². The van der Waals surface area contributed by atoms with Crippen LogP contribution in [0.3, 0.4) is 0 Å². The number of hydrogen-bond donors (Lipinski definition) is 1. The molecule has 1 aliphatic heterocycles. The van der Waals surface area contributed by atoms with Crippen LogP contribution in [0.1, 0.15) is 22.8 Å². The topological polar surface area (TPSA) is 65.8 Å². The van der Waals surface area contributed by atoms with E-state index in [1.54, 1.807) is 10.8 Å². The summed E-state index contributed by atoms with van der Waals surface area (Å²) in [6.07, 6.45) is 2.52. The number of likely N-dealkylation sites (N-methyl/N-ethyl adjacent to an activating group) is 1. The second-order valence-electron chi connectivity index (χ2n) is 6.73. The fourth-order valence-corrected chi connectivity index (χ4v) is 3.51. The number of Topliss-reactive ketones (excluding diaryl/α,β-unsaturated/α-hetero) is 1. The number of aliphatic carboxylic acids is 1. The SMILES string of the molecule is CCc1cccc2c(C(=O)CN3CCN(C)CC3)cn(CC(=O)O)c12. The van der Waals surface area contributed by atoms with Crippen LogP contribution in [0.25, 0.3) is 10.9 Å². The Balaban J connectivity index is 1.92. The maximum absolute atomic E-state index is 12.9. The van der Waals surface area contributed by atoms with Gasteiger partial charge in [0.05, 0.1) is 12.1 Å². The lowest BCUT2D eigenvalue weighted by molar-refractivity contribution is -0.137. The number of carbonyl (C=O) groups is 2. The molecule has 2 aromatic rings. The number of ketones is 1. The molecule has 0 unspecified atom stereocenters. The van der Waals surface area contributed by atoms with E-state index in [2.05, 4.69) is 16.8 Å². The molecule has 0 radical (unpaired) electrons. The van der Waals surface area contributed by atoms with E-state index in [0.717, 1.165) is 49.1 Å². The Kier molecular flexibility index (Phi) is 5.20. The quantitative estimate of drug-likeness (QED) is 0.809. The van der Waals surface area contributed by atoms with Crippen LogP contribution in [0, 0.1) is 0 Å². The van der Waals surface area contributed by atoms with Gasteiger partial charge in [-0.1, -0.05) is 25.1 Å². The van der Waals surface area contributed by atoms with Crippen molar-refractivity contribution in [2.45, 2.75) is 19.9 Å². The first-order valence-corrected chi connectivity index (χ1v) is 8.76. The van der Waals surface area contributed by atoms with E-state index in [1.165, 1.54) is 0 Å². The predicted molar refractivity (Wildman–Crippen MR) is 97.2 cm³/mol. The minimum Gasteiger partial charge on any atom is -0.480 e. The molecule has 1 aromatic heterocycles. The lowest BCUT2D eigenvalue weighted by Crippen LogP contribution is -2.46. The van der Waals surface area contributed by atoms with Crippen molar-refractivity contribution in [3.8, 4) is 0 Å². The van der Waals surface area contributed by atoms with Gasteiger partial charge in [0.15, 0.2) is 5.78 Å². The Labute approximate surface area is 147 Å². The summed E-state index contributed by atoms with van der Waals surface area (Å²) >= 11 is 0. The molecule has 0 bridgehead atoms. The number of nitrogens with zero attached hydrogens (tertiary/aromatic N) is 3. The van der Waals surface area contributed by atoms with Crippen molar-refractivity contribution in [3.05, 3.63) is 35.5 Å². The highest BCUT2D eigenvalue weighted by Gasteiger charge is 2.22. The number of benzene rings is 1. The van der Waals surface area contributed by atoms with Crippen LogP contribution in [0.4, 0.5) is 0 Å². The van der Waals surface area contributed by atoms with Crippen LogP contribution in [0.2, 0.25) is 0 Å². The molecular weight excluding hydrogens is 318 g/mol. The maximum Gasteiger partial charge on any atom is 0.323 e. The zero-order valence-corrected chi connectivity index (χ0v) is 14.9. The van der Waals surface area contributed by atoms with Gasteiger partial charge in [-0.25, -0.2) is 0 Å². The van der Waals surface area contributed by atoms with Crippen LogP contribution in [0.15, 0.2) is 24.4 Å². The smallest absolute Gasteiger partial charge is 0.323 e. The second-order valence-corrected chi connectivity index (χ2v) is 6.73. The van der Waals surface area contributed by atoms with Gasteiger partial charge in [0.25, 0.3) is 0 Å². The number of carboxylic acid groups (broad SMARTS) is 1. The molecule has 134 valence electrons. The summed E-state index contributed by atoms with van der Waals surface area (Å²) < 4.78 is 1.70. The first-order chi connectivity index (χ1) is 12.0. The molecule has 2 heterocycles. The average molecular weight is 343 g/mol. The number of hydrogen-bond acceptors (Lipinski definition) is 4. The first kappa shape index (κ1) is 17.6. The largest absolute Gasteiger partial charge is 0.480 e. The number of rotatable bonds is 6. The zero-order valence-electron chi connectivity index (χ0n) is 14.9. The molecule has 3 rings (SSSR count). The van der Waals surface area contributed by atoms with E-state index < -0.39 is 5.97 Å². The fraction of sp³-hybridized carbons (Fsp3) is 0.474. The Morgan fingerprint density at radius 3 is 2.48 bits per heavy atom. The highest BCUT2D eigenvalue weighted by Crippen LogP contribution is 2.26. The number of fused-ring (bicyclic) bond motifs is 1. The van der Waals surface area contributed by atoms with Gasteiger partial charge in [0.2, 0.25) is 0 Å². The molecule has 25 heavy (non-hydrogen) atoms. The molecule has 0 atom stereocenters. The van der Waals surface area contributed by atoms with Gasteiger partial charge in [-0.05, 0) is 19.0 Å². The van der Waals surface area contributed by atoms with Gasteiger partial charge in [-0.15, -0.1) is 0 Å². The molecule has 1 saturated heterocycles. The molecule has 0 spiro atoms. The Bertz CT molecular complexity index is 789. The second kappa shape index (κ2) is 7.37. The van der Waals surface area contributed by atoms with Crippen molar-refractivity contribution in [3.63, 3.8) is 0 Å². The minimum atomic E-state index is -0.902. The summed E-state index contributed by atoms with van der Waals surface area (Å²) in [4.78, 5) is 28.5. The molecule has 1 N–H and O–H groups in total. The average Bonchev–Trinajstić information content (AvgIpc) is 2.95. The molecule has 0 aliphatic carbocycles. The van der Waals surface area contributed by atoms with Crippen molar-refractivity contribution in [1.29, 1.82) is 0 Å². The number of carbonyl (C=O) groups excluding carboxylic acids is 1. The lowest BCUT2D eigenvalue weighted by Gasteiger charge is -2.31. The number of piperazine rings is 1. The van der Waals surface area contributed by atoms with E-state index in [0.29, 0.717) is 12.1 Å². The zero-order chi connectivity index (χ0) is 18.0. The molecule has 1 aliphatic rings. The first-order valence-electron chi connectivity index (χ1n) is 8.76. The van der Waals surface area contributed by atoms with E-state index >= 15 is 0 Å². The summed E-state index contributed by atoms with van der Waals surface area (Å²) in [5.74, 6) is -0.840. The predicted octanol–water partition coefficient (Wildman–Crippen LogP) is 1.72. The molecule has 0 amide bonds. The monoisotopic (exact) mass is 343 g/mol. The number of aryl methyl sites for hydroxylation is 1. The van der Waals surface area contributed by atoms with Crippen molar-refractivity contribution in [1.82, 2.24) is 14.4 Å². The van der Waals surface area contributed by atoms with E-state index in [1.807, 2.05) is 25.1 Å². The number of para-hydroxylation sites is 1. The van der Waals surface area contributed by atoms with E-state index in [4.69, 9.17) is 0 Å². The van der Waals surface area contributed by atoms with E-state index in [-0.39, 0.29) is 12.3 Å². The van der Waals surface area contributed by atoms with Crippen molar-refractivity contribution < 1.29 is 14.7 Å². The maximum atomic E-state index is 12.9.